The first-order valence-corrected chi connectivity index (χ1v) is 11.9. The summed E-state index contributed by atoms with van der Waals surface area (Å²) >= 11 is 0. The van der Waals surface area contributed by atoms with Gasteiger partial charge >= 0.3 is 0 Å². The highest BCUT2D eigenvalue weighted by Crippen LogP contribution is 2.29. The molecule has 9 heteroatoms. The highest BCUT2D eigenvalue weighted by atomic mass is 16.5. The summed E-state index contributed by atoms with van der Waals surface area (Å²) in [5.41, 5.74) is 5.25. The molecule has 198 valence electrons. The number of hydrogen-bond acceptors (Lipinski definition) is 7. The van der Waals surface area contributed by atoms with Gasteiger partial charge < -0.3 is 24.3 Å². The van der Waals surface area contributed by atoms with Gasteiger partial charge in [0.25, 0.3) is 11.8 Å². The van der Waals surface area contributed by atoms with Gasteiger partial charge in [0.15, 0.2) is 29.6 Å². The van der Waals surface area contributed by atoms with E-state index in [9.17, 15) is 9.59 Å². The summed E-state index contributed by atoms with van der Waals surface area (Å²) < 4.78 is 22.2. The summed E-state index contributed by atoms with van der Waals surface area (Å²) in [6.07, 6.45) is 3.10. The second-order valence-corrected chi connectivity index (χ2v) is 8.01. The number of hydrazone groups is 1. The van der Waals surface area contributed by atoms with Crippen molar-refractivity contribution < 1.29 is 28.5 Å². The quantitative estimate of drug-likeness (QED) is 0.193. The first-order valence-electron chi connectivity index (χ1n) is 11.9. The molecule has 0 heterocycles. The molecular formula is C29H31N3O6. The van der Waals surface area contributed by atoms with Crippen LogP contribution in [0.2, 0.25) is 0 Å². The lowest BCUT2D eigenvalue weighted by molar-refractivity contribution is -0.118. The third-order valence-electron chi connectivity index (χ3n) is 5.09. The summed E-state index contributed by atoms with van der Waals surface area (Å²) in [6, 6.07) is 17.5. The fourth-order valence-corrected chi connectivity index (χ4v) is 3.36. The number of benzene rings is 3. The number of carbonyl (C=O) groups is 2. The van der Waals surface area contributed by atoms with Gasteiger partial charge in [-0.05, 0) is 73.5 Å². The van der Waals surface area contributed by atoms with Crippen LogP contribution in [0, 0.1) is 6.92 Å². The van der Waals surface area contributed by atoms with Crippen LogP contribution in [0.25, 0.3) is 0 Å². The number of amides is 2. The van der Waals surface area contributed by atoms with Crippen LogP contribution >= 0.6 is 0 Å². The van der Waals surface area contributed by atoms with Gasteiger partial charge in [0.1, 0.15) is 6.61 Å². The first kappa shape index (κ1) is 27.8. The van der Waals surface area contributed by atoms with Crippen LogP contribution in [0.4, 0.5) is 5.69 Å². The van der Waals surface area contributed by atoms with Gasteiger partial charge in [-0.2, -0.15) is 5.10 Å². The highest BCUT2D eigenvalue weighted by molar-refractivity contribution is 5.95. The normalized spacial score (nSPS) is 10.5. The fourth-order valence-electron chi connectivity index (χ4n) is 3.36. The minimum absolute atomic E-state index is 0.186. The second kappa shape index (κ2) is 14.1. The maximum absolute atomic E-state index is 12.6. The van der Waals surface area contributed by atoms with E-state index < -0.39 is 5.91 Å². The van der Waals surface area contributed by atoms with E-state index in [1.54, 1.807) is 42.5 Å². The van der Waals surface area contributed by atoms with E-state index in [2.05, 4.69) is 22.4 Å². The Balaban J connectivity index is 1.59. The molecule has 0 unspecified atom stereocenters. The minimum atomic E-state index is -0.413. The number of nitrogens with one attached hydrogen (secondary N) is 2. The van der Waals surface area contributed by atoms with Crippen molar-refractivity contribution in [3.05, 3.63) is 90.0 Å². The van der Waals surface area contributed by atoms with Crippen molar-refractivity contribution in [2.75, 3.05) is 32.2 Å². The molecule has 0 aliphatic heterocycles. The van der Waals surface area contributed by atoms with Crippen molar-refractivity contribution in [1.29, 1.82) is 0 Å². The van der Waals surface area contributed by atoms with Gasteiger partial charge in [-0.1, -0.05) is 24.8 Å². The molecule has 2 N–H and O–H groups in total. The number of rotatable bonds is 13. The Bertz CT molecular complexity index is 1310. The van der Waals surface area contributed by atoms with Crippen molar-refractivity contribution in [2.24, 2.45) is 5.10 Å². The summed E-state index contributed by atoms with van der Waals surface area (Å²) in [5.74, 6) is 1.09. The third kappa shape index (κ3) is 8.12. The lowest BCUT2D eigenvalue weighted by atomic mass is 10.2. The van der Waals surface area contributed by atoms with Crippen LogP contribution in [0.1, 0.15) is 28.4 Å². The molecule has 0 spiro atoms. The van der Waals surface area contributed by atoms with Gasteiger partial charge in [0.05, 0.1) is 19.9 Å². The average Bonchev–Trinajstić information content (AvgIpc) is 2.91. The Hall–Kier alpha value is -4.79. The Kier molecular flexibility index (Phi) is 10.3. The molecule has 0 saturated carbocycles. The number of anilines is 1. The number of aryl methyl sites for hydroxylation is 1. The molecule has 0 radical (unpaired) electrons. The monoisotopic (exact) mass is 517 g/mol. The van der Waals surface area contributed by atoms with E-state index in [0.29, 0.717) is 53.0 Å². The van der Waals surface area contributed by atoms with E-state index in [-0.39, 0.29) is 12.5 Å². The second-order valence-electron chi connectivity index (χ2n) is 8.01. The van der Waals surface area contributed by atoms with Crippen LogP contribution in [0.5, 0.6) is 23.0 Å². The molecule has 0 fully saturated rings. The van der Waals surface area contributed by atoms with Crippen LogP contribution in [0.15, 0.2) is 78.4 Å². The smallest absolute Gasteiger partial charge is 0.271 e. The Morgan fingerprint density at radius 2 is 1.74 bits per heavy atom. The summed E-state index contributed by atoms with van der Waals surface area (Å²) in [5, 5.41) is 6.82. The zero-order chi connectivity index (χ0) is 27.3. The van der Waals surface area contributed by atoms with Crippen molar-refractivity contribution in [2.45, 2.75) is 13.8 Å². The summed E-state index contributed by atoms with van der Waals surface area (Å²) in [4.78, 5) is 24.8. The molecule has 0 bridgehead atoms. The summed E-state index contributed by atoms with van der Waals surface area (Å²) in [6.45, 7) is 7.98. The van der Waals surface area contributed by atoms with Crippen molar-refractivity contribution in [3.63, 3.8) is 0 Å². The molecule has 3 aromatic rings. The molecular weight excluding hydrogens is 486 g/mol. The zero-order valence-electron chi connectivity index (χ0n) is 21.7. The van der Waals surface area contributed by atoms with E-state index in [0.717, 1.165) is 5.56 Å². The molecule has 0 aliphatic carbocycles. The SMILES string of the molecule is C=CCOc1ccc(C(=O)N/N=C/c2ccc(OCC(=O)Nc3cccc(C)c3)c(OC)c2)cc1OCC. The van der Waals surface area contributed by atoms with Gasteiger partial charge in [-0.3, -0.25) is 9.59 Å². The molecule has 38 heavy (non-hydrogen) atoms. The summed E-state index contributed by atoms with van der Waals surface area (Å²) in [7, 11) is 1.50. The lowest BCUT2D eigenvalue weighted by Crippen LogP contribution is -2.20. The number of hydrogen-bond donors (Lipinski definition) is 2. The van der Waals surface area contributed by atoms with Gasteiger partial charge in [0, 0.05) is 11.3 Å². The lowest BCUT2D eigenvalue weighted by Gasteiger charge is -2.12. The van der Waals surface area contributed by atoms with E-state index in [1.807, 2.05) is 38.1 Å². The van der Waals surface area contributed by atoms with Crippen molar-refractivity contribution in [1.82, 2.24) is 5.43 Å². The van der Waals surface area contributed by atoms with Crippen LogP contribution in [0.3, 0.4) is 0 Å². The number of nitrogens with zero attached hydrogens (tertiary/aromatic N) is 1. The van der Waals surface area contributed by atoms with Crippen LogP contribution in [-0.4, -0.2) is 45.0 Å². The van der Waals surface area contributed by atoms with Crippen molar-refractivity contribution >= 4 is 23.7 Å². The maximum Gasteiger partial charge on any atom is 0.271 e. The Morgan fingerprint density at radius 1 is 0.947 bits per heavy atom. The topological polar surface area (TPSA) is 107 Å². The molecule has 3 rings (SSSR count). The Labute approximate surface area is 222 Å². The zero-order valence-corrected chi connectivity index (χ0v) is 21.7. The third-order valence-corrected chi connectivity index (χ3v) is 5.09. The standard InChI is InChI=1S/C29H31N3O6/c1-5-14-37-25-13-11-22(17-27(25)36-6-2)29(34)32-30-18-21-10-12-24(26(16-21)35-4)38-19-28(33)31-23-9-7-8-20(3)15-23/h5,7-13,15-18H,1,6,14,19H2,2-4H3,(H,31,33)(H,32,34)/b30-18+. The van der Waals surface area contributed by atoms with E-state index >= 15 is 0 Å². The van der Waals surface area contributed by atoms with E-state index in [1.165, 1.54) is 13.3 Å². The van der Waals surface area contributed by atoms with Gasteiger partial charge in [0.2, 0.25) is 0 Å². The highest BCUT2D eigenvalue weighted by Gasteiger charge is 2.12. The number of carbonyl (C=O) groups excluding carboxylic acids is 2. The van der Waals surface area contributed by atoms with E-state index in [4.69, 9.17) is 18.9 Å². The van der Waals surface area contributed by atoms with Crippen LogP contribution in [-0.2, 0) is 4.79 Å². The number of methoxy groups -OCH3 is 1. The molecule has 0 saturated heterocycles. The fraction of sp³-hybridized carbons (Fsp3) is 0.207. The van der Waals surface area contributed by atoms with Crippen molar-refractivity contribution in [3.8, 4) is 23.0 Å². The van der Waals surface area contributed by atoms with Crippen LogP contribution < -0.4 is 29.7 Å². The minimum Gasteiger partial charge on any atom is -0.493 e. The molecule has 0 atom stereocenters. The first-order chi connectivity index (χ1) is 18.4. The molecule has 9 nitrogen and oxygen atoms in total. The molecule has 0 aromatic heterocycles. The average molecular weight is 518 g/mol. The van der Waals surface area contributed by atoms with Gasteiger partial charge in [-0.25, -0.2) is 5.43 Å². The molecule has 3 aromatic carbocycles. The Morgan fingerprint density at radius 3 is 2.47 bits per heavy atom. The predicted molar refractivity (Wildman–Crippen MR) is 147 cm³/mol. The maximum atomic E-state index is 12.6. The number of ether oxygens (including phenoxy) is 4. The largest absolute Gasteiger partial charge is 0.493 e. The predicted octanol–water partition coefficient (Wildman–Crippen LogP) is 4.75. The molecule has 0 aliphatic rings. The van der Waals surface area contributed by atoms with Gasteiger partial charge in [-0.15, -0.1) is 0 Å². The molecule has 2 amide bonds.